The van der Waals surface area contributed by atoms with E-state index in [1.807, 2.05) is 18.2 Å². The van der Waals surface area contributed by atoms with Gasteiger partial charge in [-0.1, -0.05) is 32.0 Å². The molecule has 16 heavy (non-hydrogen) atoms. The van der Waals surface area contributed by atoms with Gasteiger partial charge in [-0.05, 0) is 17.9 Å². The van der Waals surface area contributed by atoms with Gasteiger partial charge in [0, 0.05) is 25.3 Å². The van der Waals surface area contributed by atoms with E-state index in [9.17, 15) is 5.11 Å². The van der Waals surface area contributed by atoms with E-state index in [0.717, 1.165) is 18.5 Å². The summed E-state index contributed by atoms with van der Waals surface area (Å²) in [5, 5.41) is 21.8. The highest BCUT2D eigenvalue weighted by Crippen LogP contribution is 2.19. The average molecular weight is 223 g/mol. The molecule has 0 aliphatic heterocycles. The van der Waals surface area contributed by atoms with E-state index >= 15 is 0 Å². The molecule has 0 heterocycles. The van der Waals surface area contributed by atoms with Gasteiger partial charge >= 0.3 is 0 Å². The fourth-order valence-electron chi connectivity index (χ4n) is 1.59. The third kappa shape index (κ3) is 4.21. The first-order valence-corrected chi connectivity index (χ1v) is 5.63. The summed E-state index contributed by atoms with van der Waals surface area (Å²) in [6.45, 7) is 5.91. The Morgan fingerprint density at radius 3 is 2.56 bits per heavy atom. The van der Waals surface area contributed by atoms with Crippen LogP contribution < -0.4 is 5.32 Å². The van der Waals surface area contributed by atoms with E-state index in [1.54, 1.807) is 6.07 Å². The molecule has 0 saturated carbocycles. The number of nitrogens with one attached hydrogen (secondary N) is 1. The van der Waals surface area contributed by atoms with Crippen LogP contribution in [-0.2, 0) is 6.54 Å². The molecule has 0 aromatic heterocycles. The van der Waals surface area contributed by atoms with Gasteiger partial charge in [-0.3, -0.25) is 0 Å². The number of rotatable bonds is 6. The highest BCUT2D eigenvalue weighted by Gasteiger charge is 2.16. The van der Waals surface area contributed by atoms with Crippen molar-refractivity contribution >= 4 is 0 Å². The van der Waals surface area contributed by atoms with Crippen LogP contribution in [0.5, 0.6) is 5.75 Å². The standard InChI is InChI=1S/C13H21NO2/c1-13(2,7-8-15)10-14-9-11-5-3-4-6-12(11)16/h3-6,14-16H,7-10H2,1-2H3. The maximum atomic E-state index is 9.56. The second kappa shape index (κ2) is 5.87. The molecule has 3 heteroatoms. The Hall–Kier alpha value is -1.06. The van der Waals surface area contributed by atoms with Crippen LogP contribution in [0.15, 0.2) is 24.3 Å². The summed E-state index contributed by atoms with van der Waals surface area (Å²) in [6.07, 6.45) is 0.779. The summed E-state index contributed by atoms with van der Waals surface area (Å²) in [5.41, 5.74) is 0.987. The molecule has 0 aliphatic rings. The minimum atomic E-state index is 0.0825. The number of aromatic hydroxyl groups is 1. The molecule has 0 amide bonds. The molecular weight excluding hydrogens is 202 g/mol. The molecule has 0 spiro atoms. The molecule has 0 fully saturated rings. The normalized spacial score (nSPS) is 11.7. The van der Waals surface area contributed by atoms with Crippen molar-refractivity contribution in [3.05, 3.63) is 29.8 Å². The van der Waals surface area contributed by atoms with Crippen LogP contribution in [0.3, 0.4) is 0 Å². The van der Waals surface area contributed by atoms with Crippen molar-refractivity contribution < 1.29 is 10.2 Å². The zero-order valence-electron chi connectivity index (χ0n) is 10.0. The van der Waals surface area contributed by atoms with Crippen LogP contribution in [0.1, 0.15) is 25.8 Å². The van der Waals surface area contributed by atoms with Crippen molar-refractivity contribution in [2.75, 3.05) is 13.2 Å². The first kappa shape index (κ1) is 13.0. The van der Waals surface area contributed by atoms with Gasteiger partial charge in [0.05, 0.1) is 0 Å². The Bertz CT molecular complexity index is 323. The van der Waals surface area contributed by atoms with Crippen molar-refractivity contribution in [2.24, 2.45) is 5.41 Å². The molecule has 0 bridgehead atoms. The Morgan fingerprint density at radius 2 is 1.94 bits per heavy atom. The monoisotopic (exact) mass is 223 g/mol. The lowest BCUT2D eigenvalue weighted by molar-refractivity contribution is 0.207. The second-order valence-corrected chi connectivity index (χ2v) is 4.87. The lowest BCUT2D eigenvalue weighted by atomic mass is 9.90. The average Bonchev–Trinajstić information content (AvgIpc) is 2.20. The molecule has 1 rings (SSSR count). The summed E-state index contributed by atoms with van der Waals surface area (Å²) in [7, 11) is 0. The number of hydrogen-bond donors (Lipinski definition) is 3. The molecule has 0 radical (unpaired) electrons. The lowest BCUT2D eigenvalue weighted by Crippen LogP contribution is -2.29. The molecule has 0 atom stereocenters. The predicted octanol–water partition coefficient (Wildman–Crippen LogP) is 1.89. The number of phenols is 1. The Labute approximate surface area is 97.1 Å². The number of aliphatic hydroxyl groups is 1. The van der Waals surface area contributed by atoms with Gasteiger partial charge in [0.15, 0.2) is 0 Å². The van der Waals surface area contributed by atoms with Crippen LogP contribution in [0.4, 0.5) is 0 Å². The topological polar surface area (TPSA) is 52.5 Å². The number of para-hydroxylation sites is 1. The van der Waals surface area contributed by atoms with Crippen LogP contribution in [0.25, 0.3) is 0 Å². The van der Waals surface area contributed by atoms with Gasteiger partial charge in [0.1, 0.15) is 5.75 Å². The van der Waals surface area contributed by atoms with Crippen molar-refractivity contribution in [1.29, 1.82) is 0 Å². The first-order chi connectivity index (χ1) is 7.55. The van der Waals surface area contributed by atoms with Crippen LogP contribution in [0.2, 0.25) is 0 Å². The summed E-state index contributed by atoms with van der Waals surface area (Å²) in [5.74, 6) is 0.329. The van der Waals surface area contributed by atoms with E-state index in [4.69, 9.17) is 5.11 Å². The third-order valence-corrected chi connectivity index (χ3v) is 2.70. The van der Waals surface area contributed by atoms with Gasteiger partial charge in [-0.25, -0.2) is 0 Å². The molecule has 0 aliphatic carbocycles. The van der Waals surface area contributed by atoms with Gasteiger partial charge in [-0.2, -0.15) is 0 Å². The highest BCUT2D eigenvalue weighted by molar-refractivity contribution is 5.31. The third-order valence-electron chi connectivity index (χ3n) is 2.70. The molecule has 1 aromatic rings. The summed E-state index contributed by atoms with van der Waals surface area (Å²) in [4.78, 5) is 0. The molecule has 0 saturated heterocycles. The Balaban J connectivity index is 2.39. The van der Waals surface area contributed by atoms with Crippen molar-refractivity contribution in [1.82, 2.24) is 5.32 Å². The van der Waals surface area contributed by atoms with Gasteiger partial charge in [0.25, 0.3) is 0 Å². The highest BCUT2D eigenvalue weighted by atomic mass is 16.3. The van der Waals surface area contributed by atoms with Crippen molar-refractivity contribution in [3.8, 4) is 5.75 Å². The van der Waals surface area contributed by atoms with E-state index in [1.165, 1.54) is 0 Å². The van der Waals surface area contributed by atoms with Crippen LogP contribution >= 0.6 is 0 Å². The van der Waals surface area contributed by atoms with E-state index in [0.29, 0.717) is 12.3 Å². The van der Waals surface area contributed by atoms with Gasteiger partial charge in [0.2, 0.25) is 0 Å². The molecule has 1 aromatic carbocycles. The van der Waals surface area contributed by atoms with Gasteiger partial charge < -0.3 is 15.5 Å². The maximum Gasteiger partial charge on any atom is 0.120 e. The Kier molecular flexibility index (Phi) is 4.77. The van der Waals surface area contributed by atoms with E-state index in [2.05, 4.69) is 19.2 Å². The molecule has 3 nitrogen and oxygen atoms in total. The summed E-state index contributed by atoms with van der Waals surface area (Å²) in [6, 6.07) is 7.32. The first-order valence-electron chi connectivity index (χ1n) is 5.63. The summed E-state index contributed by atoms with van der Waals surface area (Å²) >= 11 is 0. The number of phenolic OH excluding ortho intramolecular Hbond substituents is 1. The largest absolute Gasteiger partial charge is 0.508 e. The molecular formula is C13H21NO2. The second-order valence-electron chi connectivity index (χ2n) is 4.87. The van der Waals surface area contributed by atoms with Crippen LogP contribution in [0, 0.1) is 5.41 Å². The fourth-order valence-corrected chi connectivity index (χ4v) is 1.59. The SMILES string of the molecule is CC(C)(CCO)CNCc1ccccc1O. The minimum Gasteiger partial charge on any atom is -0.508 e. The number of aliphatic hydroxyl groups excluding tert-OH is 1. The molecule has 0 unspecified atom stereocenters. The molecule has 3 N–H and O–H groups in total. The number of hydrogen-bond acceptors (Lipinski definition) is 3. The smallest absolute Gasteiger partial charge is 0.120 e. The van der Waals surface area contributed by atoms with Gasteiger partial charge in [-0.15, -0.1) is 0 Å². The molecule has 90 valence electrons. The van der Waals surface area contributed by atoms with Crippen molar-refractivity contribution in [2.45, 2.75) is 26.8 Å². The Morgan fingerprint density at radius 1 is 1.25 bits per heavy atom. The maximum absolute atomic E-state index is 9.56. The lowest BCUT2D eigenvalue weighted by Gasteiger charge is -2.24. The van der Waals surface area contributed by atoms with Crippen LogP contribution in [-0.4, -0.2) is 23.4 Å². The zero-order chi connectivity index (χ0) is 12.0. The fraction of sp³-hybridized carbons (Fsp3) is 0.538. The zero-order valence-corrected chi connectivity index (χ0v) is 10.0. The summed E-state index contributed by atoms with van der Waals surface area (Å²) < 4.78 is 0. The quantitative estimate of drug-likeness (QED) is 0.690. The van der Waals surface area contributed by atoms with Crippen molar-refractivity contribution in [3.63, 3.8) is 0 Å². The predicted molar refractivity (Wildman–Crippen MR) is 65.3 cm³/mol. The minimum absolute atomic E-state index is 0.0825. The van der Waals surface area contributed by atoms with E-state index < -0.39 is 0 Å². The number of benzene rings is 1. The van der Waals surface area contributed by atoms with E-state index in [-0.39, 0.29) is 12.0 Å².